The molecule has 0 radical (unpaired) electrons. The molecule has 0 saturated heterocycles. The van der Waals surface area contributed by atoms with Crippen molar-refractivity contribution in [2.24, 2.45) is 0 Å². The fourth-order valence-electron chi connectivity index (χ4n) is 2.13. The molecule has 0 spiro atoms. The topological polar surface area (TPSA) is 27.1 Å². The standard InChI is InChI=1S/C17H24N2O/c1-3-15(2)16-6-8-17(9-7-16)20-13-5-4-11-19-12-10-18-14-19/h6-10,12,14-15H,3-5,11,13H2,1-2H3/t15-/m0/s1. The second-order valence-electron chi connectivity index (χ2n) is 5.23. The van der Waals surface area contributed by atoms with Crippen molar-refractivity contribution in [1.29, 1.82) is 0 Å². The van der Waals surface area contributed by atoms with E-state index in [1.54, 1.807) is 0 Å². The van der Waals surface area contributed by atoms with Crippen LogP contribution in [-0.2, 0) is 6.54 Å². The van der Waals surface area contributed by atoms with Gasteiger partial charge in [-0.05, 0) is 42.9 Å². The van der Waals surface area contributed by atoms with E-state index in [-0.39, 0.29) is 0 Å². The van der Waals surface area contributed by atoms with Crippen molar-refractivity contribution in [3.05, 3.63) is 48.5 Å². The van der Waals surface area contributed by atoms with Crippen LogP contribution in [0.1, 0.15) is 44.6 Å². The molecule has 1 atom stereocenters. The van der Waals surface area contributed by atoms with Gasteiger partial charge in [0, 0.05) is 18.9 Å². The molecule has 1 aromatic carbocycles. The van der Waals surface area contributed by atoms with Gasteiger partial charge in [0.25, 0.3) is 0 Å². The van der Waals surface area contributed by atoms with Gasteiger partial charge in [0.2, 0.25) is 0 Å². The summed E-state index contributed by atoms with van der Waals surface area (Å²) in [4.78, 5) is 4.03. The summed E-state index contributed by atoms with van der Waals surface area (Å²) in [5.74, 6) is 1.60. The van der Waals surface area contributed by atoms with E-state index >= 15 is 0 Å². The first-order valence-corrected chi connectivity index (χ1v) is 7.48. The summed E-state index contributed by atoms with van der Waals surface area (Å²) in [5.41, 5.74) is 1.39. The molecule has 0 saturated carbocycles. The molecule has 3 heteroatoms. The SMILES string of the molecule is CC[C@H](C)c1ccc(OCCCCn2ccnc2)cc1. The van der Waals surface area contributed by atoms with Crippen LogP contribution >= 0.6 is 0 Å². The average molecular weight is 272 g/mol. The van der Waals surface area contributed by atoms with Crippen LogP contribution in [0.5, 0.6) is 5.75 Å². The summed E-state index contributed by atoms with van der Waals surface area (Å²) in [5, 5.41) is 0. The van der Waals surface area contributed by atoms with Crippen LogP contribution in [0.3, 0.4) is 0 Å². The lowest BCUT2D eigenvalue weighted by Crippen LogP contribution is -2.01. The Kier molecular flexibility index (Phi) is 5.66. The van der Waals surface area contributed by atoms with Crippen molar-refractivity contribution in [1.82, 2.24) is 9.55 Å². The van der Waals surface area contributed by atoms with Gasteiger partial charge in [-0.3, -0.25) is 0 Å². The fraction of sp³-hybridized carbons (Fsp3) is 0.471. The molecule has 0 aliphatic carbocycles. The van der Waals surface area contributed by atoms with Crippen LogP contribution < -0.4 is 4.74 Å². The molecular formula is C17H24N2O. The molecular weight excluding hydrogens is 248 g/mol. The second-order valence-corrected chi connectivity index (χ2v) is 5.23. The molecule has 1 heterocycles. The Bertz CT molecular complexity index is 476. The lowest BCUT2D eigenvalue weighted by molar-refractivity contribution is 0.303. The van der Waals surface area contributed by atoms with Crippen LogP contribution in [0.25, 0.3) is 0 Å². The molecule has 0 bridgehead atoms. The maximum atomic E-state index is 5.77. The van der Waals surface area contributed by atoms with Crippen molar-refractivity contribution in [2.45, 2.75) is 45.6 Å². The maximum absolute atomic E-state index is 5.77. The number of aryl methyl sites for hydroxylation is 1. The number of hydrogen-bond donors (Lipinski definition) is 0. The molecule has 3 nitrogen and oxygen atoms in total. The maximum Gasteiger partial charge on any atom is 0.119 e. The van der Waals surface area contributed by atoms with Crippen molar-refractivity contribution in [3.63, 3.8) is 0 Å². The first kappa shape index (κ1) is 14.6. The number of imidazole rings is 1. The quantitative estimate of drug-likeness (QED) is 0.671. The normalized spacial score (nSPS) is 12.3. The predicted molar refractivity (Wildman–Crippen MR) is 82.1 cm³/mol. The van der Waals surface area contributed by atoms with Crippen LogP contribution in [0.2, 0.25) is 0 Å². The Morgan fingerprint density at radius 1 is 1.20 bits per heavy atom. The zero-order valence-electron chi connectivity index (χ0n) is 12.5. The number of rotatable bonds is 8. The van der Waals surface area contributed by atoms with Crippen molar-refractivity contribution >= 4 is 0 Å². The molecule has 2 rings (SSSR count). The van der Waals surface area contributed by atoms with Crippen LogP contribution in [0.4, 0.5) is 0 Å². The summed E-state index contributed by atoms with van der Waals surface area (Å²) in [6, 6.07) is 8.51. The minimum absolute atomic E-state index is 0.624. The van der Waals surface area contributed by atoms with Gasteiger partial charge in [-0.25, -0.2) is 4.98 Å². The highest BCUT2D eigenvalue weighted by Gasteiger charge is 2.02. The van der Waals surface area contributed by atoms with Gasteiger partial charge in [0.05, 0.1) is 12.9 Å². The summed E-state index contributed by atoms with van der Waals surface area (Å²) in [7, 11) is 0. The lowest BCUT2D eigenvalue weighted by Gasteiger charge is -2.10. The van der Waals surface area contributed by atoms with E-state index in [1.165, 1.54) is 12.0 Å². The Morgan fingerprint density at radius 3 is 2.65 bits per heavy atom. The van der Waals surface area contributed by atoms with E-state index in [1.807, 2.05) is 18.7 Å². The Morgan fingerprint density at radius 2 is 2.00 bits per heavy atom. The number of hydrogen-bond acceptors (Lipinski definition) is 2. The summed E-state index contributed by atoms with van der Waals surface area (Å²) in [6.45, 7) is 6.26. The van der Waals surface area contributed by atoms with Gasteiger partial charge in [-0.1, -0.05) is 26.0 Å². The molecule has 20 heavy (non-hydrogen) atoms. The first-order chi connectivity index (χ1) is 9.79. The highest BCUT2D eigenvalue weighted by Crippen LogP contribution is 2.21. The number of nitrogens with zero attached hydrogens (tertiary/aromatic N) is 2. The van der Waals surface area contributed by atoms with Gasteiger partial charge in [-0.15, -0.1) is 0 Å². The Hall–Kier alpha value is -1.77. The highest BCUT2D eigenvalue weighted by molar-refractivity contribution is 5.29. The molecule has 0 aliphatic heterocycles. The largest absolute Gasteiger partial charge is 0.494 e. The minimum atomic E-state index is 0.624. The third-order valence-corrected chi connectivity index (χ3v) is 3.70. The smallest absolute Gasteiger partial charge is 0.119 e. The average Bonchev–Trinajstić information content (AvgIpc) is 3.00. The zero-order valence-corrected chi connectivity index (χ0v) is 12.5. The lowest BCUT2D eigenvalue weighted by atomic mass is 9.99. The molecule has 0 fully saturated rings. The summed E-state index contributed by atoms with van der Waals surface area (Å²) < 4.78 is 7.87. The van der Waals surface area contributed by atoms with E-state index in [2.05, 4.69) is 47.7 Å². The van der Waals surface area contributed by atoms with E-state index in [9.17, 15) is 0 Å². The van der Waals surface area contributed by atoms with Crippen LogP contribution in [-0.4, -0.2) is 16.2 Å². The van der Waals surface area contributed by atoms with Crippen LogP contribution in [0.15, 0.2) is 43.0 Å². The number of ether oxygens (including phenoxy) is 1. The van der Waals surface area contributed by atoms with E-state index in [4.69, 9.17) is 4.74 Å². The van der Waals surface area contributed by atoms with Crippen molar-refractivity contribution in [2.75, 3.05) is 6.61 Å². The Labute approximate surface area is 121 Å². The highest BCUT2D eigenvalue weighted by atomic mass is 16.5. The second kappa shape index (κ2) is 7.73. The van der Waals surface area contributed by atoms with E-state index in [0.717, 1.165) is 31.7 Å². The van der Waals surface area contributed by atoms with Crippen molar-refractivity contribution in [3.8, 4) is 5.75 Å². The van der Waals surface area contributed by atoms with Gasteiger partial charge in [0.15, 0.2) is 0 Å². The van der Waals surface area contributed by atoms with Gasteiger partial charge >= 0.3 is 0 Å². The third kappa shape index (κ3) is 4.41. The third-order valence-electron chi connectivity index (χ3n) is 3.70. The Balaban J connectivity index is 1.66. The van der Waals surface area contributed by atoms with Crippen LogP contribution in [0, 0.1) is 0 Å². The molecule has 108 valence electrons. The van der Waals surface area contributed by atoms with Crippen molar-refractivity contribution < 1.29 is 4.74 Å². The monoisotopic (exact) mass is 272 g/mol. The van der Waals surface area contributed by atoms with Gasteiger partial charge < -0.3 is 9.30 Å². The van der Waals surface area contributed by atoms with Gasteiger partial charge in [-0.2, -0.15) is 0 Å². The summed E-state index contributed by atoms with van der Waals surface area (Å²) in [6.07, 6.45) is 9.01. The zero-order chi connectivity index (χ0) is 14.2. The van der Waals surface area contributed by atoms with Gasteiger partial charge in [0.1, 0.15) is 5.75 Å². The molecule has 0 amide bonds. The predicted octanol–water partition coefficient (Wildman–Crippen LogP) is 4.26. The molecule has 1 aromatic heterocycles. The molecule has 0 aliphatic rings. The summed E-state index contributed by atoms with van der Waals surface area (Å²) >= 11 is 0. The molecule has 0 unspecified atom stereocenters. The molecule has 0 N–H and O–H groups in total. The minimum Gasteiger partial charge on any atom is -0.494 e. The molecule has 2 aromatic rings. The first-order valence-electron chi connectivity index (χ1n) is 7.48. The van der Waals surface area contributed by atoms with E-state index < -0.39 is 0 Å². The number of aromatic nitrogens is 2. The van der Waals surface area contributed by atoms with E-state index in [0.29, 0.717) is 5.92 Å². The number of unbranched alkanes of at least 4 members (excludes halogenated alkanes) is 1. The fourth-order valence-corrected chi connectivity index (χ4v) is 2.13. The number of benzene rings is 1.